The number of carbonyl (C=O) groups excluding carboxylic acids is 2. The second kappa shape index (κ2) is 11.0. The Morgan fingerprint density at radius 3 is 2.40 bits per heavy atom. The second-order valence-corrected chi connectivity index (χ2v) is 8.77. The van der Waals surface area contributed by atoms with Gasteiger partial charge in [-0.2, -0.15) is 0 Å². The molecule has 2 aromatic carbocycles. The van der Waals surface area contributed by atoms with E-state index in [-0.39, 0.29) is 12.5 Å². The molecule has 0 spiro atoms. The fourth-order valence-electron chi connectivity index (χ4n) is 2.68. The number of carbonyl (C=O) groups is 2. The van der Waals surface area contributed by atoms with E-state index in [9.17, 15) is 9.59 Å². The number of amides is 2. The molecule has 2 aromatic rings. The first-order chi connectivity index (χ1) is 14.2. The van der Waals surface area contributed by atoms with Crippen LogP contribution in [0.25, 0.3) is 0 Å². The van der Waals surface area contributed by atoms with E-state index in [1.54, 1.807) is 12.1 Å². The summed E-state index contributed by atoms with van der Waals surface area (Å²) in [6.07, 6.45) is 1.34. The van der Waals surface area contributed by atoms with Crippen molar-refractivity contribution in [3.05, 3.63) is 58.1 Å². The van der Waals surface area contributed by atoms with Crippen LogP contribution in [0, 0.1) is 19.3 Å². The van der Waals surface area contributed by atoms with Gasteiger partial charge in [-0.25, -0.2) is 0 Å². The van der Waals surface area contributed by atoms with E-state index in [2.05, 4.69) is 26.8 Å². The first kappa shape index (κ1) is 23.7. The Morgan fingerprint density at radius 2 is 1.70 bits per heavy atom. The van der Waals surface area contributed by atoms with Crippen molar-refractivity contribution in [2.24, 2.45) is 5.41 Å². The minimum atomic E-state index is -0.648. The zero-order valence-electron chi connectivity index (χ0n) is 17.9. The van der Waals surface area contributed by atoms with Crippen LogP contribution in [0.3, 0.4) is 0 Å². The van der Waals surface area contributed by atoms with E-state index in [0.717, 1.165) is 21.3 Å². The molecule has 0 bridgehead atoms. The highest BCUT2D eigenvalue weighted by atomic mass is 79.9. The fraction of sp³-hybridized carbons (Fsp3) is 0.391. The molecule has 2 N–H and O–H groups in total. The molecular formula is C23H29BrN2O4. The Morgan fingerprint density at radius 1 is 1.00 bits per heavy atom. The van der Waals surface area contributed by atoms with Crippen molar-refractivity contribution in [2.45, 2.75) is 40.5 Å². The average molecular weight is 477 g/mol. The van der Waals surface area contributed by atoms with Gasteiger partial charge >= 0.3 is 0 Å². The van der Waals surface area contributed by atoms with Crippen LogP contribution in [0.15, 0.2) is 46.9 Å². The molecule has 0 saturated carbocycles. The Kier molecular flexibility index (Phi) is 8.72. The quantitative estimate of drug-likeness (QED) is 0.413. The molecule has 0 aliphatic heterocycles. The summed E-state index contributed by atoms with van der Waals surface area (Å²) in [6, 6.07) is 13.2. The molecule has 2 rings (SSSR count). The van der Waals surface area contributed by atoms with Gasteiger partial charge in [0.05, 0.1) is 6.61 Å². The summed E-state index contributed by atoms with van der Waals surface area (Å²) in [5.41, 5.74) is 6.46. The van der Waals surface area contributed by atoms with Gasteiger partial charge in [0.2, 0.25) is 5.91 Å². The lowest BCUT2D eigenvalue weighted by Gasteiger charge is -2.23. The summed E-state index contributed by atoms with van der Waals surface area (Å²) < 4.78 is 12.2. The SMILES string of the molecule is Cc1ccc(C)c(OCCCC(C)(C)C(=O)NNC(=O)COc2ccc(Br)cc2)c1. The van der Waals surface area contributed by atoms with Crippen molar-refractivity contribution in [3.63, 3.8) is 0 Å². The number of nitrogens with one attached hydrogen (secondary N) is 2. The molecule has 2 amide bonds. The monoisotopic (exact) mass is 476 g/mol. The molecule has 0 atom stereocenters. The minimum absolute atomic E-state index is 0.188. The van der Waals surface area contributed by atoms with E-state index < -0.39 is 11.3 Å². The molecule has 0 radical (unpaired) electrons. The maximum absolute atomic E-state index is 12.4. The molecule has 0 fully saturated rings. The molecule has 0 heterocycles. The van der Waals surface area contributed by atoms with E-state index in [1.165, 1.54) is 0 Å². The van der Waals surface area contributed by atoms with Crippen molar-refractivity contribution >= 4 is 27.7 Å². The van der Waals surface area contributed by atoms with Gasteiger partial charge in [0, 0.05) is 9.89 Å². The highest BCUT2D eigenvalue weighted by molar-refractivity contribution is 9.10. The average Bonchev–Trinajstić information content (AvgIpc) is 2.71. The Hall–Kier alpha value is -2.54. The Bertz CT molecular complexity index is 866. The topological polar surface area (TPSA) is 76.7 Å². The van der Waals surface area contributed by atoms with Crippen molar-refractivity contribution in [2.75, 3.05) is 13.2 Å². The lowest BCUT2D eigenvalue weighted by molar-refractivity contribution is -0.135. The number of hydrogen-bond donors (Lipinski definition) is 2. The summed E-state index contributed by atoms with van der Waals surface area (Å²) in [5, 5.41) is 0. The number of halogens is 1. The van der Waals surface area contributed by atoms with Gasteiger partial charge in [0.1, 0.15) is 11.5 Å². The summed E-state index contributed by atoms with van der Waals surface area (Å²) in [6.45, 7) is 8.04. The van der Waals surface area contributed by atoms with E-state index in [0.29, 0.717) is 25.2 Å². The molecule has 6 nitrogen and oxygen atoms in total. The van der Waals surface area contributed by atoms with Crippen molar-refractivity contribution in [1.82, 2.24) is 10.9 Å². The van der Waals surface area contributed by atoms with Crippen LogP contribution >= 0.6 is 15.9 Å². The van der Waals surface area contributed by atoms with Gasteiger partial charge < -0.3 is 9.47 Å². The number of benzene rings is 2. The highest BCUT2D eigenvalue weighted by Gasteiger charge is 2.27. The number of rotatable bonds is 9. The number of hydrogen-bond acceptors (Lipinski definition) is 4. The number of aryl methyl sites for hydroxylation is 2. The van der Waals surface area contributed by atoms with Crippen LogP contribution in [-0.2, 0) is 9.59 Å². The molecule has 7 heteroatoms. The Labute approximate surface area is 186 Å². The molecule has 0 unspecified atom stereocenters. The van der Waals surface area contributed by atoms with Crippen molar-refractivity contribution < 1.29 is 19.1 Å². The third-order valence-electron chi connectivity index (χ3n) is 4.66. The van der Waals surface area contributed by atoms with Crippen LogP contribution in [0.2, 0.25) is 0 Å². The lowest BCUT2D eigenvalue weighted by Crippen LogP contribution is -2.48. The van der Waals surface area contributed by atoms with Gasteiger partial charge in [-0.3, -0.25) is 20.4 Å². The van der Waals surface area contributed by atoms with Gasteiger partial charge in [-0.1, -0.05) is 41.9 Å². The van der Waals surface area contributed by atoms with Gasteiger partial charge in [-0.15, -0.1) is 0 Å². The summed E-state index contributed by atoms with van der Waals surface area (Å²) in [7, 11) is 0. The third kappa shape index (κ3) is 7.71. The maximum atomic E-state index is 12.4. The van der Waals surface area contributed by atoms with Crippen molar-refractivity contribution in [3.8, 4) is 11.5 Å². The lowest BCUT2D eigenvalue weighted by atomic mass is 9.87. The molecular weight excluding hydrogens is 448 g/mol. The second-order valence-electron chi connectivity index (χ2n) is 7.85. The van der Waals surface area contributed by atoms with Gasteiger partial charge in [-0.05, 0) is 68.1 Å². The van der Waals surface area contributed by atoms with Crippen LogP contribution < -0.4 is 20.3 Å². The molecule has 0 aromatic heterocycles. The third-order valence-corrected chi connectivity index (χ3v) is 5.19. The fourth-order valence-corrected chi connectivity index (χ4v) is 2.95. The number of ether oxygens (including phenoxy) is 2. The smallest absolute Gasteiger partial charge is 0.276 e. The van der Waals surface area contributed by atoms with E-state index in [4.69, 9.17) is 9.47 Å². The van der Waals surface area contributed by atoms with Crippen LogP contribution in [0.4, 0.5) is 0 Å². The highest BCUT2D eigenvalue weighted by Crippen LogP contribution is 2.24. The molecule has 0 aliphatic carbocycles. The zero-order valence-corrected chi connectivity index (χ0v) is 19.5. The summed E-state index contributed by atoms with van der Waals surface area (Å²) in [4.78, 5) is 24.3. The molecule has 162 valence electrons. The van der Waals surface area contributed by atoms with Gasteiger partial charge in [0.25, 0.3) is 5.91 Å². The Balaban J connectivity index is 1.69. The van der Waals surface area contributed by atoms with E-state index >= 15 is 0 Å². The normalized spacial score (nSPS) is 11.0. The zero-order chi connectivity index (χ0) is 22.1. The van der Waals surface area contributed by atoms with Crippen molar-refractivity contribution in [1.29, 1.82) is 0 Å². The standard InChI is InChI=1S/C23H29BrN2O4/c1-16-6-7-17(2)20(14-16)29-13-5-12-23(3,4)22(28)26-25-21(27)15-30-19-10-8-18(24)9-11-19/h6-11,14H,5,12-13,15H2,1-4H3,(H,25,27)(H,26,28). The minimum Gasteiger partial charge on any atom is -0.493 e. The van der Waals surface area contributed by atoms with E-state index in [1.807, 2.05) is 58.0 Å². The van der Waals surface area contributed by atoms with Crippen LogP contribution in [0.1, 0.15) is 37.8 Å². The van der Waals surface area contributed by atoms with Gasteiger partial charge in [0.15, 0.2) is 6.61 Å². The predicted molar refractivity (Wildman–Crippen MR) is 120 cm³/mol. The van der Waals surface area contributed by atoms with Crippen LogP contribution in [-0.4, -0.2) is 25.0 Å². The first-order valence-corrected chi connectivity index (χ1v) is 10.6. The number of hydrazine groups is 1. The molecule has 0 aliphatic rings. The maximum Gasteiger partial charge on any atom is 0.276 e. The predicted octanol–water partition coefficient (Wildman–Crippen LogP) is 4.48. The first-order valence-electron chi connectivity index (χ1n) is 9.85. The molecule has 30 heavy (non-hydrogen) atoms. The largest absolute Gasteiger partial charge is 0.493 e. The molecule has 0 saturated heterocycles. The summed E-state index contributed by atoms with van der Waals surface area (Å²) in [5.74, 6) is 0.755. The van der Waals surface area contributed by atoms with Crippen LogP contribution in [0.5, 0.6) is 11.5 Å². The summed E-state index contributed by atoms with van der Waals surface area (Å²) >= 11 is 3.33.